The van der Waals surface area contributed by atoms with Crippen LogP contribution in [0.25, 0.3) is 11.1 Å². The van der Waals surface area contributed by atoms with Gasteiger partial charge in [-0.05, 0) is 36.5 Å². The van der Waals surface area contributed by atoms with Crippen molar-refractivity contribution in [3.63, 3.8) is 0 Å². The summed E-state index contributed by atoms with van der Waals surface area (Å²) in [6.07, 6.45) is 0.822. The second-order valence-corrected chi connectivity index (χ2v) is 6.61. The van der Waals surface area contributed by atoms with Crippen molar-refractivity contribution in [1.29, 1.82) is 0 Å². The van der Waals surface area contributed by atoms with Crippen molar-refractivity contribution < 1.29 is 24.5 Å². The van der Waals surface area contributed by atoms with E-state index < -0.39 is 34.4 Å². The fraction of sp³-hybridized carbons (Fsp3) is 0.316. The monoisotopic (exact) mass is 374 g/mol. The van der Waals surface area contributed by atoms with Crippen LogP contribution < -0.4 is 16.0 Å². The van der Waals surface area contributed by atoms with Gasteiger partial charge in [0.25, 0.3) is 5.56 Å². The molecule has 0 fully saturated rings. The molecule has 1 aromatic heterocycles. The summed E-state index contributed by atoms with van der Waals surface area (Å²) in [5.41, 5.74) is 4.31. The lowest BCUT2D eigenvalue weighted by Gasteiger charge is -2.15. The van der Waals surface area contributed by atoms with Crippen molar-refractivity contribution in [2.45, 2.75) is 27.2 Å². The number of H-pyrrole nitrogens is 1. The number of aromatic carboxylic acids is 2. The van der Waals surface area contributed by atoms with Gasteiger partial charge in [-0.25, -0.2) is 9.59 Å². The van der Waals surface area contributed by atoms with E-state index in [1.165, 1.54) is 12.1 Å². The molecule has 2 rings (SSSR count). The zero-order chi connectivity index (χ0) is 20.3. The van der Waals surface area contributed by atoms with E-state index >= 15 is 0 Å². The second-order valence-electron chi connectivity index (χ2n) is 6.61. The normalized spacial score (nSPS) is 10.8. The molecule has 0 aliphatic rings. The summed E-state index contributed by atoms with van der Waals surface area (Å²) < 4.78 is 5.76. The van der Waals surface area contributed by atoms with Crippen molar-refractivity contribution in [3.8, 4) is 16.9 Å². The van der Waals surface area contributed by atoms with E-state index in [4.69, 9.17) is 10.5 Å². The molecule has 1 heterocycles. The van der Waals surface area contributed by atoms with Gasteiger partial charge in [0.1, 0.15) is 22.7 Å². The van der Waals surface area contributed by atoms with Crippen LogP contribution in [-0.4, -0.2) is 33.7 Å². The number of nitrogens with one attached hydrogen (secondary N) is 1. The number of benzene rings is 1. The minimum atomic E-state index is -1.54. The summed E-state index contributed by atoms with van der Waals surface area (Å²) in [6.45, 7) is 6.39. The Balaban J connectivity index is 2.68. The highest BCUT2D eigenvalue weighted by Crippen LogP contribution is 2.33. The van der Waals surface area contributed by atoms with Gasteiger partial charge in [-0.1, -0.05) is 26.0 Å². The van der Waals surface area contributed by atoms with Crippen LogP contribution in [0.1, 0.15) is 46.5 Å². The first-order valence-electron chi connectivity index (χ1n) is 8.39. The van der Waals surface area contributed by atoms with Crippen molar-refractivity contribution in [3.05, 3.63) is 45.2 Å². The summed E-state index contributed by atoms with van der Waals surface area (Å²) in [5.74, 6) is -2.46. The van der Waals surface area contributed by atoms with E-state index in [1.807, 2.05) is 6.92 Å². The Morgan fingerprint density at radius 3 is 2.37 bits per heavy atom. The fourth-order valence-electron chi connectivity index (χ4n) is 2.65. The lowest BCUT2D eigenvalue weighted by molar-refractivity contribution is 0.0695. The van der Waals surface area contributed by atoms with Crippen molar-refractivity contribution in [2.24, 2.45) is 5.92 Å². The topological polar surface area (TPSA) is 143 Å². The van der Waals surface area contributed by atoms with Crippen LogP contribution in [-0.2, 0) is 0 Å². The molecule has 0 atom stereocenters. The number of hydrogen-bond donors (Lipinski definition) is 4. The maximum atomic E-state index is 12.1. The first-order chi connectivity index (χ1) is 12.6. The van der Waals surface area contributed by atoms with Gasteiger partial charge in [0.2, 0.25) is 0 Å². The van der Waals surface area contributed by atoms with Crippen LogP contribution >= 0.6 is 0 Å². The summed E-state index contributed by atoms with van der Waals surface area (Å²) in [4.78, 5) is 37.5. The molecule has 0 aliphatic carbocycles. The third kappa shape index (κ3) is 4.28. The molecule has 27 heavy (non-hydrogen) atoms. The van der Waals surface area contributed by atoms with Gasteiger partial charge in [-0.2, -0.15) is 0 Å². The predicted octanol–water partition coefficient (Wildman–Crippen LogP) is 2.75. The molecule has 0 unspecified atom stereocenters. The van der Waals surface area contributed by atoms with Gasteiger partial charge in [-0.15, -0.1) is 0 Å². The van der Waals surface area contributed by atoms with Crippen LogP contribution in [0.2, 0.25) is 0 Å². The number of aryl methyl sites for hydroxylation is 1. The molecule has 5 N–H and O–H groups in total. The Bertz CT molecular complexity index is 946. The lowest BCUT2D eigenvalue weighted by atomic mass is 9.94. The fourth-order valence-corrected chi connectivity index (χ4v) is 2.65. The largest absolute Gasteiger partial charge is 0.493 e. The van der Waals surface area contributed by atoms with Crippen molar-refractivity contribution >= 4 is 17.8 Å². The predicted molar refractivity (Wildman–Crippen MR) is 101 cm³/mol. The van der Waals surface area contributed by atoms with E-state index in [9.17, 15) is 24.6 Å². The number of anilines is 1. The van der Waals surface area contributed by atoms with E-state index in [0.717, 1.165) is 12.0 Å². The SMILES string of the molecule is Cc1ccc(-c2c(C(=O)O)c(N)[nH]c(=O)c2C(=O)O)cc1OCCC(C)C. The molecule has 0 spiro atoms. The average Bonchev–Trinajstić information content (AvgIpc) is 2.54. The zero-order valence-electron chi connectivity index (χ0n) is 15.3. The van der Waals surface area contributed by atoms with Gasteiger partial charge in [-0.3, -0.25) is 4.79 Å². The lowest BCUT2D eigenvalue weighted by Crippen LogP contribution is -2.24. The summed E-state index contributed by atoms with van der Waals surface area (Å²) >= 11 is 0. The third-order valence-corrected chi connectivity index (χ3v) is 4.10. The highest BCUT2D eigenvalue weighted by atomic mass is 16.5. The average molecular weight is 374 g/mol. The number of ether oxygens (including phenoxy) is 1. The summed E-state index contributed by atoms with van der Waals surface area (Å²) in [6, 6.07) is 4.75. The smallest absolute Gasteiger partial charge is 0.342 e. The van der Waals surface area contributed by atoms with Gasteiger partial charge >= 0.3 is 11.9 Å². The van der Waals surface area contributed by atoms with Crippen LogP contribution in [0.3, 0.4) is 0 Å². The minimum absolute atomic E-state index is 0.229. The van der Waals surface area contributed by atoms with Crippen LogP contribution in [0.5, 0.6) is 5.75 Å². The standard InChI is InChI=1S/C19H22N2O6/c1-9(2)6-7-27-12-8-11(5-4-10(12)3)13-14(18(23)24)16(20)21-17(22)15(13)19(25)26/h4-5,8-9H,6-7H2,1-3H3,(H,23,24)(H,25,26)(H3,20,21,22). The second kappa shape index (κ2) is 7.94. The van der Waals surface area contributed by atoms with Crippen molar-refractivity contribution in [1.82, 2.24) is 4.98 Å². The quantitative estimate of drug-likeness (QED) is 0.583. The summed E-state index contributed by atoms with van der Waals surface area (Å²) in [5, 5.41) is 19.0. The first-order valence-corrected chi connectivity index (χ1v) is 8.39. The Labute approximate surface area is 155 Å². The molecule has 8 heteroatoms. The van der Waals surface area contributed by atoms with Crippen molar-refractivity contribution in [2.75, 3.05) is 12.3 Å². The molecular weight excluding hydrogens is 352 g/mol. The van der Waals surface area contributed by atoms with E-state index in [2.05, 4.69) is 18.8 Å². The number of nitrogen functional groups attached to an aromatic ring is 1. The molecule has 0 saturated heterocycles. The van der Waals surface area contributed by atoms with Gasteiger partial charge in [0.15, 0.2) is 0 Å². The number of carboxylic acid groups (broad SMARTS) is 2. The molecule has 144 valence electrons. The van der Waals surface area contributed by atoms with Crippen LogP contribution in [0.4, 0.5) is 5.82 Å². The molecular formula is C19H22N2O6. The molecule has 0 bridgehead atoms. The Hall–Kier alpha value is -3.29. The molecule has 1 aromatic carbocycles. The highest BCUT2D eigenvalue weighted by molar-refractivity contribution is 6.07. The number of aromatic amines is 1. The number of aromatic nitrogens is 1. The molecule has 8 nitrogen and oxygen atoms in total. The number of carboxylic acids is 2. The molecule has 0 radical (unpaired) electrons. The Morgan fingerprint density at radius 2 is 1.81 bits per heavy atom. The van der Waals surface area contributed by atoms with E-state index in [0.29, 0.717) is 18.3 Å². The highest BCUT2D eigenvalue weighted by Gasteiger charge is 2.26. The van der Waals surface area contributed by atoms with Gasteiger partial charge in [0, 0.05) is 5.56 Å². The minimum Gasteiger partial charge on any atom is -0.493 e. The number of carbonyl (C=O) groups is 2. The van der Waals surface area contributed by atoms with E-state index in [-0.39, 0.29) is 11.1 Å². The van der Waals surface area contributed by atoms with E-state index in [1.54, 1.807) is 6.07 Å². The molecule has 2 aromatic rings. The summed E-state index contributed by atoms with van der Waals surface area (Å²) in [7, 11) is 0. The molecule has 0 aliphatic heterocycles. The Kier molecular flexibility index (Phi) is 5.89. The molecule has 0 saturated carbocycles. The third-order valence-electron chi connectivity index (χ3n) is 4.10. The maximum absolute atomic E-state index is 12.1. The number of pyridine rings is 1. The molecule has 0 amide bonds. The van der Waals surface area contributed by atoms with Gasteiger partial charge in [0.05, 0.1) is 6.61 Å². The maximum Gasteiger partial charge on any atom is 0.342 e. The number of hydrogen-bond acceptors (Lipinski definition) is 5. The van der Waals surface area contributed by atoms with Crippen LogP contribution in [0, 0.1) is 12.8 Å². The number of rotatable bonds is 7. The van der Waals surface area contributed by atoms with Gasteiger partial charge < -0.3 is 25.7 Å². The Morgan fingerprint density at radius 1 is 1.19 bits per heavy atom. The number of nitrogens with two attached hydrogens (primary N) is 1. The zero-order valence-corrected chi connectivity index (χ0v) is 15.3. The first kappa shape index (κ1) is 20.0. The van der Waals surface area contributed by atoms with Crippen LogP contribution in [0.15, 0.2) is 23.0 Å².